The molecule has 4 nitrogen and oxygen atoms in total. The number of hydrogen-bond donors (Lipinski definition) is 1. The van der Waals surface area contributed by atoms with Crippen molar-refractivity contribution in [2.24, 2.45) is 0 Å². The Balaban J connectivity index is 1.82. The molecule has 132 valence electrons. The van der Waals surface area contributed by atoms with E-state index >= 15 is 0 Å². The van der Waals surface area contributed by atoms with Gasteiger partial charge in [-0.15, -0.1) is 0 Å². The average Bonchev–Trinajstić information content (AvgIpc) is 2.65. The number of rotatable bonds is 3. The number of nitrogens with zero attached hydrogens (tertiary/aromatic N) is 1. The number of nitrogens with one attached hydrogen (secondary N) is 1. The van der Waals surface area contributed by atoms with Crippen LogP contribution in [0.1, 0.15) is 22.7 Å². The predicted molar refractivity (Wildman–Crippen MR) is 104 cm³/mol. The highest BCUT2D eigenvalue weighted by Gasteiger charge is 2.31. The van der Waals surface area contributed by atoms with E-state index in [1.165, 1.54) is 0 Å². The average molecular weight is 364 g/mol. The molecule has 0 saturated heterocycles. The number of anilines is 2. The third kappa shape index (κ3) is 2.79. The zero-order valence-corrected chi connectivity index (χ0v) is 15.5. The highest BCUT2D eigenvalue weighted by molar-refractivity contribution is 7.89. The minimum Gasteiger partial charge on any atom is -0.344 e. The summed E-state index contributed by atoms with van der Waals surface area (Å²) < 4.78 is 28.9. The molecule has 0 aliphatic carbocycles. The van der Waals surface area contributed by atoms with E-state index in [1.54, 1.807) is 12.1 Å². The monoisotopic (exact) mass is 364 g/mol. The number of hydrogen-bond acceptors (Lipinski definition) is 3. The molecular weight excluding hydrogens is 344 g/mol. The van der Waals surface area contributed by atoms with Crippen LogP contribution in [-0.4, -0.2) is 15.5 Å². The first-order valence-corrected chi connectivity index (χ1v) is 9.96. The summed E-state index contributed by atoms with van der Waals surface area (Å²) in [4.78, 5) is 2.37. The van der Waals surface area contributed by atoms with Crippen LogP contribution in [0.2, 0.25) is 0 Å². The van der Waals surface area contributed by atoms with E-state index in [4.69, 9.17) is 0 Å². The summed E-state index contributed by atoms with van der Waals surface area (Å²) in [7, 11) is -1.65. The number of aryl methyl sites for hydroxylation is 1. The smallest absolute Gasteiger partial charge is 0.241 e. The lowest BCUT2D eigenvalue weighted by atomic mass is 9.92. The molecule has 0 fully saturated rings. The molecule has 0 spiro atoms. The van der Waals surface area contributed by atoms with Crippen LogP contribution in [0.25, 0.3) is 0 Å². The Kier molecular flexibility index (Phi) is 4.05. The summed E-state index contributed by atoms with van der Waals surface area (Å²) >= 11 is 0. The van der Waals surface area contributed by atoms with E-state index in [0.717, 1.165) is 28.1 Å². The van der Waals surface area contributed by atoms with Crippen LogP contribution in [0.3, 0.4) is 0 Å². The van der Waals surface area contributed by atoms with E-state index in [1.807, 2.05) is 74.6 Å². The second-order valence-electron chi connectivity index (χ2n) is 6.54. The van der Waals surface area contributed by atoms with E-state index in [0.29, 0.717) is 0 Å². The van der Waals surface area contributed by atoms with Gasteiger partial charge in [-0.2, -0.15) is 4.72 Å². The van der Waals surface area contributed by atoms with Crippen molar-refractivity contribution < 1.29 is 8.42 Å². The van der Waals surface area contributed by atoms with E-state index in [9.17, 15) is 8.42 Å². The Bertz CT molecular complexity index is 1010. The van der Waals surface area contributed by atoms with Gasteiger partial charge in [-0.25, -0.2) is 8.42 Å². The van der Waals surface area contributed by atoms with Crippen molar-refractivity contribution in [1.82, 2.24) is 4.72 Å². The molecule has 4 rings (SSSR count). The summed E-state index contributed by atoms with van der Waals surface area (Å²) in [6.45, 7) is 1.94. The Morgan fingerprint density at radius 1 is 0.808 bits per heavy atom. The molecule has 26 heavy (non-hydrogen) atoms. The van der Waals surface area contributed by atoms with Crippen molar-refractivity contribution >= 4 is 21.4 Å². The van der Waals surface area contributed by atoms with Gasteiger partial charge < -0.3 is 4.90 Å². The van der Waals surface area contributed by atoms with Gasteiger partial charge in [0.05, 0.1) is 10.9 Å². The molecule has 1 aliphatic heterocycles. The van der Waals surface area contributed by atoms with Gasteiger partial charge in [0.25, 0.3) is 0 Å². The second kappa shape index (κ2) is 6.27. The number of fused-ring (bicyclic) bond motifs is 2. The first-order chi connectivity index (χ1) is 12.5. The molecular formula is C21H20N2O2S. The van der Waals surface area contributed by atoms with Crippen molar-refractivity contribution in [3.63, 3.8) is 0 Å². The van der Waals surface area contributed by atoms with Crippen molar-refractivity contribution in [2.45, 2.75) is 17.9 Å². The van der Waals surface area contributed by atoms with Crippen molar-refractivity contribution in [3.05, 3.63) is 89.5 Å². The van der Waals surface area contributed by atoms with Crippen LogP contribution in [0.4, 0.5) is 11.4 Å². The predicted octanol–water partition coefficient (Wildman–Crippen LogP) is 4.14. The lowest BCUT2D eigenvalue weighted by molar-refractivity contribution is 0.571. The normalized spacial score (nSPS) is 14.0. The molecule has 3 aromatic rings. The van der Waals surface area contributed by atoms with E-state index in [2.05, 4.69) is 9.62 Å². The Hall–Kier alpha value is -2.63. The van der Waals surface area contributed by atoms with Crippen molar-refractivity contribution in [1.29, 1.82) is 0 Å². The first kappa shape index (κ1) is 16.8. The van der Waals surface area contributed by atoms with Gasteiger partial charge in [-0.1, -0.05) is 54.1 Å². The van der Waals surface area contributed by atoms with Crippen molar-refractivity contribution in [3.8, 4) is 0 Å². The Morgan fingerprint density at radius 3 is 1.85 bits per heavy atom. The van der Waals surface area contributed by atoms with Crippen molar-refractivity contribution in [2.75, 3.05) is 11.9 Å². The number of para-hydroxylation sites is 2. The minimum atomic E-state index is -3.65. The molecule has 0 amide bonds. The molecule has 1 heterocycles. The molecule has 1 aliphatic rings. The van der Waals surface area contributed by atoms with Crippen LogP contribution in [0.5, 0.6) is 0 Å². The standard InChI is InChI=1S/C21H20N2O2S/c1-15-11-13-16(14-12-15)26(24,25)22-21-17-7-3-5-9-19(17)23(2)20-10-6-4-8-18(20)21/h3-14,21-22H,1-2H3. The maximum Gasteiger partial charge on any atom is 0.241 e. The zero-order chi connectivity index (χ0) is 18.3. The summed E-state index contributed by atoms with van der Waals surface area (Å²) in [5.41, 5.74) is 4.93. The molecule has 3 aromatic carbocycles. The lowest BCUT2D eigenvalue weighted by Gasteiger charge is -2.35. The molecule has 1 N–H and O–H groups in total. The lowest BCUT2D eigenvalue weighted by Crippen LogP contribution is -2.34. The number of sulfonamides is 1. The molecule has 0 saturated carbocycles. The van der Waals surface area contributed by atoms with Gasteiger partial charge in [-0.3, -0.25) is 0 Å². The quantitative estimate of drug-likeness (QED) is 0.760. The van der Waals surface area contributed by atoms with E-state index < -0.39 is 16.1 Å². The van der Waals surface area contributed by atoms with Gasteiger partial charge >= 0.3 is 0 Å². The molecule has 0 bridgehead atoms. The second-order valence-corrected chi connectivity index (χ2v) is 8.26. The Labute approximate surface area is 154 Å². The molecule has 0 unspecified atom stereocenters. The highest BCUT2D eigenvalue weighted by atomic mass is 32.2. The topological polar surface area (TPSA) is 49.4 Å². The van der Waals surface area contributed by atoms with Gasteiger partial charge in [-0.05, 0) is 42.3 Å². The van der Waals surface area contributed by atoms with Gasteiger partial charge in [0.1, 0.15) is 0 Å². The highest BCUT2D eigenvalue weighted by Crippen LogP contribution is 2.43. The van der Waals surface area contributed by atoms with Gasteiger partial charge in [0.15, 0.2) is 0 Å². The number of benzene rings is 3. The minimum absolute atomic E-state index is 0.275. The zero-order valence-electron chi connectivity index (χ0n) is 14.7. The SMILES string of the molecule is Cc1ccc(S(=O)(=O)NC2c3ccccc3N(C)c3ccccc32)cc1. The largest absolute Gasteiger partial charge is 0.344 e. The van der Waals surface area contributed by atoms with E-state index in [-0.39, 0.29) is 4.90 Å². The Morgan fingerprint density at radius 2 is 1.31 bits per heavy atom. The first-order valence-electron chi connectivity index (χ1n) is 8.48. The maximum atomic E-state index is 13.0. The summed E-state index contributed by atoms with van der Waals surface area (Å²) in [6.07, 6.45) is 0. The van der Waals surface area contributed by atoms with Crippen LogP contribution in [0.15, 0.2) is 77.7 Å². The fraction of sp³-hybridized carbons (Fsp3) is 0.143. The summed E-state index contributed by atoms with van der Waals surface area (Å²) in [6, 6.07) is 22.3. The van der Waals surface area contributed by atoms with Crippen LogP contribution >= 0.6 is 0 Å². The molecule has 0 aromatic heterocycles. The molecule has 0 radical (unpaired) electrons. The van der Waals surface area contributed by atoms with Crippen LogP contribution in [0, 0.1) is 6.92 Å². The third-order valence-corrected chi connectivity index (χ3v) is 6.26. The van der Waals surface area contributed by atoms with Gasteiger partial charge in [0, 0.05) is 18.4 Å². The third-order valence-electron chi connectivity index (χ3n) is 4.82. The van der Waals surface area contributed by atoms with Gasteiger partial charge in [0.2, 0.25) is 10.0 Å². The molecule has 5 heteroatoms. The van der Waals surface area contributed by atoms with Crippen LogP contribution in [-0.2, 0) is 10.0 Å². The summed E-state index contributed by atoms with van der Waals surface area (Å²) in [5, 5.41) is 0. The van der Waals surface area contributed by atoms with Crippen LogP contribution < -0.4 is 9.62 Å². The maximum absolute atomic E-state index is 13.0. The summed E-state index contributed by atoms with van der Waals surface area (Å²) in [5.74, 6) is 0. The fourth-order valence-corrected chi connectivity index (χ4v) is 4.63. The molecule has 0 atom stereocenters. The fourth-order valence-electron chi connectivity index (χ4n) is 3.44.